The van der Waals surface area contributed by atoms with Crippen molar-refractivity contribution >= 4 is 0 Å². The molecule has 0 spiro atoms. The van der Waals surface area contributed by atoms with Gasteiger partial charge in [0.25, 0.3) is 0 Å². The second-order valence-corrected chi connectivity index (χ2v) is 4.00. The molecule has 0 aliphatic rings. The van der Waals surface area contributed by atoms with Gasteiger partial charge in [-0.25, -0.2) is 0 Å². The Balaban J connectivity index is 2.31. The summed E-state index contributed by atoms with van der Waals surface area (Å²) in [5.41, 5.74) is 3.22. The fourth-order valence-corrected chi connectivity index (χ4v) is 1.58. The van der Waals surface area contributed by atoms with Crippen LogP contribution in [0.3, 0.4) is 0 Å². The van der Waals surface area contributed by atoms with Gasteiger partial charge in [0.1, 0.15) is 5.69 Å². The largest absolute Gasteiger partial charge is 0.356 e. The predicted octanol–water partition coefficient (Wildman–Crippen LogP) is 2.93. The molecule has 0 radical (unpaired) electrons. The van der Waals surface area contributed by atoms with Crippen LogP contribution in [0.15, 0.2) is 34.9 Å². The molecule has 0 aliphatic carbocycles. The molecule has 84 valence electrons. The van der Waals surface area contributed by atoms with Crippen LogP contribution < -0.4 is 5.32 Å². The molecule has 1 heterocycles. The van der Waals surface area contributed by atoms with E-state index in [9.17, 15) is 0 Å². The first-order valence-corrected chi connectivity index (χ1v) is 5.41. The smallest absolute Gasteiger partial charge is 0.167 e. The number of benzene rings is 1. The summed E-state index contributed by atoms with van der Waals surface area (Å²) in [6.45, 7) is 4.12. The van der Waals surface area contributed by atoms with E-state index in [0.29, 0.717) is 0 Å². The molecule has 0 unspecified atom stereocenters. The molecule has 1 atom stereocenters. The number of aryl methyl sites for hydroxylation is 1. The van der Waals surface area contributed by atoms with Gasteiger partial charge in [-0.1, -0.05) is 28.9 Å². The van der Waals surface area contributed by atoms with Crippen LogP contribution in [-0.4, -0.2) is 12.2 Å². The van der Waals surface area contributed by atoms with Crippen molar-refractivity contribution < 1.29 is 4.52 Å². The first kappa shape index (κ1) is 10.9. The van der Waals surface area contributed by atoms with Gasteiger partial charge in [-0.2, -0.15) is 0 Å². The maximum Gasteiger partial charge on any atom is 0.167 e. The lowest BCUT2D eigenvalue weighted by atomic mass is 10.1. The highest BCUT2D eigenvalue weighted by Crippen LogP contribution is 2.23. The molecule has 0 bridgehead atoms. The Morgan fingerprint density at radius 2 is 2.12 bits per heavy atom. The molecular weight excluding hydrogens is 200 g/mol. The summed E-state index contributed by atoms with van der Waals surface area (Å²) in [6.07, 6.45) is 0. The van der Waals surface area contributed by atoms with Crippen LogP contribution in [-0.2, 0) is 0 Å². The van der Waals surface area contributed by atoms with Crippen molar-refractivity contribution in [2.24, 2.45) is 0 Å². The second kappa shape index (κ2) is 4.49. The van der Waals surface area contributed by atoms with Crippen molar-refractivity contribution in [2.75, 3.05) is 7.05 Å². The van der Waals surface area contributed by atoms with E-state index in [1.165, 1.54) is 5.56 Å². The van der Waals surface area contributed by atoms with E-state index in [2.05, 4.69) is 36.5 Å². The van der Waals surface area contributed by atoms with Crippen LogP contribution in [0, 0.1) is 6.92 Å². The highest BCUT2D eigenvalue weighted by Gasteiger charge is 2.10. The van der Waals surface area contributed by atoms with E-state index < -0.39 is 0 Å². The van der Waals surface area contributed by atoms with Crippen LogP contribution in [0.4, 0.5) is 0 Å². The molecule has 2 rings (SSSR count). The molecular formula is C13H16N2O. The van der Waals surface area contributed by atoms with E-state index in [4.69, 9.17) is 4.52 Å². The number of hydrogen-bond acceptors (Lipinski definition) is 3. The molecule has 3 nitrogen and oxygen atoms in total. The SMILES string of the molecule is CN[C@@H](C)c1cc(-c2cccc(C)c2)on1. The average molecular weight is 216 g/mol. The van der Waals surface area contributed by atoms with Gasteiger partial charge in [0, 0.05) is 17.7 Å². The lowest BCUT2D eigenvalue weighted by Crippen LogP contribution is -2.12. The molecule has 1 N–H and O–H groups in total. The highest BCUT2D eigenvalue weighted by molar-refractivity contribution is 5.58. The number of rotatable bonds is 3. The zero-order chi connectivity index (χ0) is 11.5. The lowest BCUT2D eigenvalue weighted by Gasteiger charge is -2.03. The first-order valence-electron chi connectivity index (χ1n) is 5.41. The number of aromatic nitrogens is 1. The summed E-state index contributed by atoms with van der Waals surface area (Å²) in [4.78, 5) is 0. The molecule has 2 aromatic rings. The van der Waals surface area contributed by atoms with Gasteiger partial charge < -0.3 is 9.84 Å². The molecule has 0 amide bonds. The number of nitrogens with zero attached hydrogens (tertiary/aromatic N) is 1. The van der Waals surface area contributed by atoms with Gasteiger partial charge >= 0.3 is 0 Å². The minimum absolute atomic E-state index is 0.210. The molecule has 3 heteroatoms. The van der Waals surface area contributed by atoms with Gasteiger partial charge in [0.05, 0.1) is 0 Å². The number of hydrogen-bond donors (Lipinski definition) is 1. The maximum absolute atomic E-state index is 5.34. The van der Waals surface area contributed by atoms with Crippen molar-refractivity contribution in [1.29, 1.82) is 0 Å². The Morgan fingerprint density at radius 3 is 2.81 bits per heavy atom. The molecule has 16 heavy (non-hydrogen) atoms. The Kier molecular flexibility index (Phi) is 3.06. The van der Waals surface area contributed by atoms with Crippen molar-refractivity contribution in [1.82, 2.24) is 10.5 Å². The van der Waals surface area contributed by atoms with E-state index >= 15 is 0 Å². The van der Waals surface area contributed by atoms with Crippen LogP contribution in [0.5, 0.6) is 0 Å². The van der Waals surface area contributed by atoms with Gasteiger partial charge in [0.15, 0.2) is 5.76 Å². The fourth-order valence-electron chi connectivity index (χ4n) is 1.58. The Morgan fingerprint density at radius 1 is 1.31 bits per heavy atom. The van der Waals surface area contributed by atoms with E-state index in [1.54, 1.807) is 0 Å². The van der Waals surface area contributed by atoms with Gasteiger partial charge in [-0.15, -0.1) is 0 Å². The van der Waals surface area contributed by atoms with Crippen LogP contribution in [0.2, 0.25) is 0 Å². The molecule has 0 saturated carbocycles. The molecule has 0 fully saturated rings. The zero-order valence-corrected chi connectivity index (χ0v) is 9.82. The van der Waals surface area contributed by atoms with Crippen molar-refractivity contribution in [2.45, 2.75) is 19.9 Å². The maximum atomic E-state index is 5.34. The third-order valence-corrected chi connectivity index (χ3v) is 2.71. The summed E-state index contributed by atoms with van der Waals surface area (Å²) >= 11 is 0. The zero-order valence-electron chi connectivity index (χ0n) is 9.82. The summed E-state index contributed by atoms with van der Waals surface area (Å²) < 4.78 is 5.34. The van der Waals surface area contributed by atoms with Crippen molar-refractivity contribution in [3.05, 3.63) is 41.6 Å². The number of nitrogens with one attached hydrogen (secondary N) is 1. The first-order chi connectivity index (χ1) is 7.70. The summed E-state index contributed by atoms with van der Waals surface area (Å²) in [5.74, 6) is 0.820. The van der Waals surface area contributed by atoms with E-state index in [0.717, 1.165) is 17.0 Å². The summed E-state index contributed by atoms with van der Waals surface area (Å²) in [6, 6.07) is 10.4. The van der Waals surface area contributed by atoms with Gasteiger partial charge in [0.2, 0.25) is 0 Å². The minimum atomic E-state index is 0.210. The summed E-state index contributed by atoms with van der Waals surface area (Å²) in [7, 11) is 1.91. The van der Waals surface area contributed by atoms with E-state index in [-0.39, 0.29) is 6.04 Å². The predicted molar refractivity (Wildman–Crippen MR) is 64.2 cm³/mol. The lowest BCUT2D eigenvalue weighted by molar-refractivity contribution is 0.413. The summed E-state index contributed by atoms with van der Waals surface area (Å²) in [5, 5.41) is 7.19. The van der Waals surface area contributed by atoms with Gasteiger partial charge in [-0.05, 0) is 27.0 Å². The standard InChI is InChI=1S/C13H16N2O/c1-9-5-4-6-11(7-9)13-8-12(15-16-13)10(2)14-3/h4-8,10,14H,1-3H3/t10-/m0/s1. The Bertz CT molecular complexity index is 476. The molecule has 0 saturated heterocycles. The molecule has 1 aromatic heterocycles. The van der Waals surface area contributed by atoms with Crippen molar-refractivity contribution in [3.63, 3.8) is 0 Å². The van der Waals surface area contributed by atoms with E-state index in [1.807, 2.05) is 25.2 Å². The molecule has 0 aliphatic heterocycles. The van der Waals surface area contributed by atoms with Crippen molar-refractivity contribution in [3.8, 4) is 11.3 Å². The minimum Gasteiger partial charge on any atom is -0.356 e. The fraction of sp³-hybridized carbons (Fsp3) is 0.308. The van der Waals surface area contributed by atoms with Crippen LogP contribution >= 0.6 is 0 Å². The second-order valence-electron chi connectivity index (χ2n) is 4.00. The topological polar surface area (TPSA) is 38.1 Å². The molecule has 1 aromatic carbocycles. The quantitative estimate of drug-likeness (QED) is 0.857. The Labute approximate surface area is 95.5 Å². The Hall–Kier alpha value is -1.61. The highest BCUT2D eigenvalue weighted by atomic mass is 16.5. The third kappa shape index (κ3) is 2.14. The average Bonchev–Trinajstić information content (AvgIpc) is 2.77. The van der Waals surface area contributed by atoms with Gasteiger partial charge in [-0.3, -0.25) is 0 Å². The monoisotopic (exact) mass is 216 g/mol. The van der Waals surface area contributed by atoms with Crippen LogP contribution in [0.25, 0.3) is 11.3 Å². The third-order valence-electron chi connectivity index (χ3n) is 2.71. The van der Waals surface area contributed by atoms with Crippen LogP contribution in [0.1, 0.15) is 24.2 Å². The normalized spacial score (nSPS) is 12.7.